The van der Waals surface area contributed by atoms with Gasteiger partial charge in [0.2, 0.25) is 5.91 Å². The summed E-state index contributed by atoms with van der Waals surface area (Å²) >= 11 is 0. The molecule has 3 rings (SSSR count). The van der Waals surface area contributed by atoms with E-state index in [9.17, 15) is 18.0 Å². The van der Waals surface area contributed by atoms with Crippen molar-refractivity contribution in [3.63, 3.8) is 0 Å². The van der Waals surface area contributed by atoms with Crippen LogP contribution in [0.25, 0.3) is 0 Å². The Labute approximate surface area is 187 Å². The number of nitrogens with one attached hydrogen (secondary N) is 3. The molecule has 1 atom stereocenters. The van der Waals surface area contributed by atoms with Gasteiger partial charge in [-0.1, -0.05) is 48.5 Å². The lowest BCUT2D eigenvalue weighted by Gasteiger charge is -2.15. The minimum atomic E-state index is -3.88. The molecule has 166 valence electrons. The summed E-state index contributed by atoms with van der Waals surface area (Å²) in [4.78, 5) is 24.9. The molecule has 8 heteroatoms. The van der Waals surface area contributed by atoms with Gasteiger partial charge >= 0.3 is 0 Å². The standard InChI is InChI=1S/C24H25N3O4S/c1-17-8-6-12-21(14-17)27-32(30,31)22-13-7-11-20(15-22)24(29)26-18(2)23(28)25-16-19-9-4-3-5-10-19/h3-15,18,27H,16H2,1-2H3,(H,25,28)(H,26,29). The smallest absolute Gasteiger partial charge is 0.261 e. The van der Waals surface area contributed by atoms with Crippen molar-refractivity contribution in [1.82, 2.24) is 10.6 Å². The number of rotatable bonds is 8. The summed E-state index contributed by atoms with van der Waals surface area (Å²) in [5.41, 5.74) is 2.43. The van der Waals surface area contributed by atoms with E-state index in [4.69, 9.17) is 0 Å². The number of aryl methyl sites for hydroxylation is 1. The lowest BCUT2D eigenvalue weighted by Crippen LogP contribution is -2.44. The van der Waals surface area contributed by atoms with Gasteiger partial charge in [0, 0.05) is 17.8 Å². The Morgan fingerprint density at radius 1 is 0.906 bits per heavy atom. The van der Waals surface area contributed by atoms with E-state index >= 15 is 0 Å². The van der Waals surface area contributed by atoms with Gasteiger partial charge < -0.3 is 10.6 Å². The Morgan fingerprint density at radius 3 is 2.34 bits per heavy atom. The van der Waals surface area contributed by atoms with Crippen molar-refractivity contribution in [2.45, 2.75) is 31.3 Å². The third kappa shape index (κ3) is 6.18. The molecule has 0 aliphatic rings. The number of anilines is 1. The summed E-state index contributed by atoms with van der Waals surface area (Å²) in [5, 5.41) is 5.37. The fourth-order valence-electron chi connectivity index (χ4n) is 3.01. The molecule has 7 nitrogen and oxygen atoms in total. The molecule has 3 aromatic carbocycles. The monoisotopic (exact) mass is 451 g/mol. The fraction of sp³-hybridized carbons (Fsp3) is 0.167. The van der Waals surface area contributed by atoms with Gasteiger partial charge in [-0.25, -0.2) is 8.42 Å². The van der Waals surface area contributed by atoms with Gasteiger partial charge in [-0.3, -0.25) is 14.3 Å². The fourth-order valence-corrected chi connectivity index (χ4v) is 4.11. The molecule has 0 aliphatic carbocycles. The van der Waals surface area contributed by atoms with E-state index in [1.165, 1.54) is 24.3 Å². The van der Waals surface area contributed by atoms with Crippen LogP contribution in [0.3, 0.4) is 0 Å². The molecule has 0 bridgehead atoms. The highest BCUT2D eigenvalue weighted by atomic mass is 32.2. The van der Waals surface area contributed by atoms with Crippen LogP contribution >= 0.6 is 0 Å². The van der Waals surface area contributed by atoms with E-state index in [-0.39, 0.29) is 16.4 Å². The van der Waals surface area contributed by atoms with E-state index in [2.05, 4.69) is 15.4 Å². The second-order valence-electron chi connectivity index (χ2n) is 7.40. The summed E-state index contributed by atoms with van der Waals surface area (Å²) in [7, 11) is -3.88. The van der Waals surface area contributed by atoms with Crippen molar-refractivity contribution >= 4 is 27.5 Å². The molecule has 0 fully saturated rings. The van der Waals surface area contributed by atoms with Gasteiger partial charge in [-0.05, 0) is 55.3 Å². The van der Waals surface area contributed by atoms with E-state index in [0.717, 1.165) is 11.1 Å². The first-order valence-electron chi connectivity index (χ1n) is 10.1. The van der Waals surface area contributed by atoms with Crippen molar-refractivity contribution in [3.8, 4) is 0 Å². The molecule has 1 unspecified atom stereocenters. The normalized spacial score (nSPS) is 11.9. The number of amides is 2. The van der Waals surface area contributed by atoms with Gasteiger partial charge in [0.15, 0.2) is 0 Å². The molecule has 0 radical (unpaired) electrons. The molecule has 0 saturated heterocycles. The maximum Gasteiger partial charge on any atom is 0.261 e. The molecule has 3 N–H and O–H groups in total. The number of hydrogen-bond acceptors (Lipinski definition) is 4. The van der Waals surface area contributed by atoms with Crippen LogP contribution in [0, 0.1) is 6.92 Å². The summed E-state index contributed by atoms with van der Waals surface area (Å²) < 4.78 is 28.0. The quantitative estimate of drug-likeness (QED) is 0.489. The average Bonchev–Trinajstić information content (AvgIpc) is 2.78. The molecule has 3 aromatic rings. The third-order valence-electron chi connectivity index (χ3n) is 4.73. The highest BCUT2D eigenvalue weighted by molar-refractivity contribution is 7.92. The zero-order valence-corrected chi connectivity index (χ0v) is 18.6. The molecule has 0 heterocycles. The van der Waals surface area contributed by atoms with Crippen LogP contribution in [-0.4, -0.2) is 26.3 Å². The summed E-state index contributed by atoms with van der Waals surface area (Å²) in [6.45, 7) is 3.77. The lowest BCUT2D eigenvalue weighted by atomic mass is 10.2. The molecule has 0 spiro atoms. The number of sulfonamides is 1. The number of hydrogen-bond donors (Lipinski definition) is 3. The number of carbonyl (C=O) groups excluding carboxylic acids is 2. The Kier molecular flexibility index (Phi) is 7.27. The summed E-state index contributed by atoms with van der Waals surface area (Å²) in [5.74, 6) is -0.882. The minimum absolute atomic E-state index is 0.0483. The first kappa shape index (κ1) is 23.0. The Bertz CT molecular complexity index is 1210. The van der Waals surface area contributed by atoms with E-state index in [0.29, 0.717) is 12.2 Å². The topological polar surface area (TPSA) is 104 Å². The summed E-state index contributed by atoms with van der Waals surface area (Å²) in [6, 6.07) is 21.3. The first-order valence-corrected chi connectivity index (χ1v) is 11.5. The maximum absolute atomic E-state index is 12.7. The van der Waals surface area contributed by atoms with Gasteiger partial charge in [0.1, 0.15) is 6.04 Å². The van der Waals surface area contributed by atoms with Crippen molar-refractivity contribution < 1.29 is 18.0 Å². The Balaban J connectivity index is 1.64. The van der Waals surface area contributed by atoms with E-state index in [1.54, 1.807) is 25.1 Å². The highest BCUT2D eigenvalue weighted by Crippen LogP contribution is 2.18. The van der Waals surface area contributed by atoms with E-state index in [1.807, 2.05) is 43.3 Å². The first-order chi connectivity index (χ1) is 15.2. The van der Waals surface area contributed by atoms with Gasteiger partial charge in [-0.15, -0.1) is 0 Å². The van der Waals surface area contributed by atoms with Gasteiger partial charge in [0.05, 0.1) is 4.90 Å². The maximum atomic E-state index is 12.7. The van der Waals surface area contributed by atoms with Crippen LogP contribution in [-0.2, 0) is 21.4 Å². The summed E-state index contributed by atoms with van der Waals surface area (Å²) in [6.07, 6.45) is 0. The van der Waals surface area contributed by atoms with E-state index < -0.39 is 22.0 Å². The third-order valence-corrected chi connectivity index (χ3v) is 6.11. The van der Waals surface area contributed by atoms with Gasteiger partial charge in [0.25, 0.3) is 15.9 Å². The van der Waals surface area contributed by atoms with Crippen LogP contribution in [0.4, 0.5) is 5.69 Å². The molecular weight excluding hydrogens is 426 g/mol. The van der Waals surface area contributed by atoms with Crippen molar-refractivity contribution in [2.75, 3.05) is 4.72 Å². The largest absolute Gasteiger partial charge is 0.350 e. The lowest BCUT2D eigenvalue weighted by molar-refractivity contribution is -0.122. The molecule has 32 heavy (non-hydrogen) atoms. The minimum Gasteiger partial charge on any atom is -0.350 e. The zero-order valence-electron chi connectivity index (χ0n) is 17.8. The molecule has 0 aliphatic heterocycles. The Hall–Kier alpha value is -3.65. The molecular formula is C24H25N3O4S. The van der Waals surface area contributed by atoms with Gasteiger partial charge in [-0.2, -0.15) is 0 Å². The SMILES string of the molecule is Cc1cccc(NS(=O)(=O)c2cccc(C(=O)NC(C)C(=O)NCc3ccccc3)c2)c1. The highest BCUT2D eigenvalue weighted by Gasteiger charge is 2.19. The zero-order chi connectivity index (χ0) is 23.1. The van der Waals surface area contributed by atoms with Crippen LogP contribution in [0.1, 0.15) is 28.4 Å². The van der Waals surface area contributed by atoms with Crippen LogP contribution in [0.2, 0.25) is 0 Å². The van der Waals surface area contributed by atoms with Crippen LogP contribution in [0.15, 0.2) is 83.8 Å². The van der Waals surface area contributed by atoms with Crippen LogP contribution in [0.5, 0.6) is 0 Å². The van der Waals surface area contributed by atoms with Crippen molar-refractivity contribution in [3.05, 3.63) is 95.6 Å². The predicted molar refractivity (Wildman–Crippen MR) is 124 cm³/mol. The second kappa shape index (κ2) is 10.1. The molecule has 0 aromatic heterocycles. The Morgan fingerprint density at radius 2 is 1.62 bits per heavy atom. The second-order valence-corrected chi connectivity index (χ2v) is 9.08. The predicted octanol–water partition coefficient (Wildman–Crippen LogP) is 3.23. The number of benzene rings is 3. The average molecular weight is 452 g/mol. The molecule has 0 saturated carbocycles. The molecule has 2 amide bonds. The van der Waals surface area contributed by atoms with Crippen LogP contribution < -0.4 is 15.4 Å². The van der Waals surface area contributed by atoms with Crippen molar-refractivity contribution in [2.24, 2.45) is 0 Å². The van der Waals surface area contributed by atoms with Crippen molar-refractivity contribution in [1.29, 1.82) is 0 Å². The number of carbonyl (C=O) groups is 2.